The summed E-state index contributed by atoms with van der Waals surface area (Å²) in [7, 11) is 0. The van der Waals surface area contributed by atoms with Gasteiger partial charge in [0.25, 0.3) is 0 Å². The van der Waals surface area contributed by atoms with Gasteiger partial charge in [-0.05, 0) is 39.7 Å². The van der Waals surface area contributed by atoms with E-state index >= 15 is 0 Å². The number of fused-ring (bicyclic) bond motifs is 2. The van der Waals surface area contributed by atoms with Crippen molar-refractivity contribution < 1.29 is 4.74 Å². The van der Waals surface area contributed by atoms with Crippen LogP contribution in [-0.4, -0.2) is 48.8 Å². The average Bonchev–Trinajstić information content (AvgIpc) is 2.58. The summed E-state index contributed by atoms with van der Waals surface area (Å²) >= 11 is 0. The van der Waals surface area contributed by atoms with E-state index in [0.29, 0.717) is 24.3 Å². The first-order chi connectivity index (χ1) is 7.69. The molecule has 94 valence electrons. The minimum atomic E-state index is 0.524. The molecule has 0 aromatic heterocycles. The third-order valence-corrected chi connectivity index (χ3v) is 3.94. The van der Waals surface area contributed by atoms with E-state index in [2.05, 4.69) is 31.0 Å². The molecular weight excluding hydrogens is 200 g/mol. The predicted molar refractivity (Wildman–Crippen MR) is 66.7 cm³/mol. The van der Waals surface area contributed by atoms with Crippen LogP contribution < -0.4 is 5.32 Å². The molecule has 0 saturated carbocycles. The first kappa shape index (κ1) is 12.3. The van der Waals surface area contributed by atoms with Crippen LogP contribution in [-0.2, 0) is 4.74 Å². The van der Waals surface area contributed by atoms with Gasteiger partial charge in [-0.2, -0.15) is 0 Å². The summed E-state index contributed by atoms with van der Waals surface area (Å²) in [4.78, 5) is 2.62. The van der Waals surface area contributed by atoms with Gasteiger partial charge in [0.05, 0.1) is 12.2 Å². The summed E-state index contributed by atoms with van der Waals surface area (Å²) in [6, 6.07) is 1.31. The summed E-state index contributed by atoms with van der Waals surface area (Å²) in [5.41, 5.74) is 0. The van der Waals surface area contributed by atoms with E-state index in [0.717, 1.165) is 19.6 Å². The minimum Gasteiger partial charge on any atom is -0.372 e. The van der Waals surface area contributed by atoms with E-state index in [4.69, 9.17) is 4.74 Å². The Morgan fingerprint density at radius 1 is 1.25 bits per heavy atom. The number of ether oxygens (including phenoxy) is 1. The minimum absolute atomic E-state index is 0.524. The first-order valence-electron chi connectivity index (χ1n) is 6.82. The molecule has 2 bridgehead atoms. The van der Waals surface area contributed by atoms with Crippen LogP contribution in [0.4, 0.5) is 0 Å². The van der Waals surface area contributed by atoms with Gasteiger partial charge in [0.15, 0.2) is 0 Å². The summed E-state index contributed by atoms with van der Waals surface area (Å²) < 4.78 is 5.87. The molecule has 2 heterocycles. The second-order valence-corrected chi connectivity index (χ2v) is 5.45. The molecule has 0 radical (unpaired) electrons. The fraction of sp³-hybridized carbons (Fsp3) is 1.00. The zero-order chi connectivity index (χ0) is 11.5. The second-order valence-electron chi connectivity index (χ2n) is 5.45. The third-order valence-electron chi connectivity index (χ3n) is 3.94. The maximum absolute atomic E-state index is 5.87. The molecule has 2 aliphatic rings. The summed E-state index contributed by atoms with van der Waals surface area (Å²) in [6.45, 7) is 10.2. The molecule has 2 saturated heterocycles. The van der Waals surface area contributed by atoms with Crippen LogP contribution in [0, 0.1) is 0 Å². The van der Waals surface area contributed by atoms with Crippen LogP contribution in [0.5, 0.6) is 0 Å². The number of hydrogen-bond acceptors (Lipinski definition) is 3. The maximum Gasteiger partial charge on any atom is 0.0707 e. The Kier molecular flexibility index (Phi) is 4.22. The van der Waals surface area contributed by atoms with Crippen molar-refractivity contribution in [1.29, 1.82) is 0 Å². The van der Waals surface area contributed by atoms with Gasteiger partial charge in [0, 0.05) is 25.2 Å². The van der Waals surface area contributed by atoms with Gasteiger partial charge in [-0.15, -0.1) is 0 Å². The normalized spacial score (nSPS) is 33.9. The van der Waals surface area contributed by atoms with Crippen LogP contribution in [0.1, 0.15) is 40.0 Å². The molecule has 0 aliphatic carbocycles. The lowest BCUT2D eigenvalue weighted by molar-refractivity contribution is -0.0521. The molecule has 2 fully saturated rings. The molecule has 0 aromatic rings. The van der Waals surface area contributed by atoms with Crippen molar-refractivity contribution in [3.63, 3.8) is 0 Å². The monoisotopic (exact) mass is 226 g/mol. The molecule has 2 rings (SSSR count). The van der Waals surface area contributed by atoms with Crippen molar-refractivity contribution in [3.05, 3.63) is 0 Å². The zero-order valence-electron chi connectivity index (χ0n) is 10.9. The van der Waals surface area contributed by atoms with Crippen molar-refractivity contribution in [2.75, 3.05) is 19.6 Å². The summed E-state index contributed by atoms with van der Waals surface area (Å²) in [6.07, 6.45) is 4.84. The van der Waals surface area contributed by atoms with Crippen LogP contribution in [0.3, 0.4) is 0 Å². The molecular formula is C13H26N2O. The second kappa shape index (κ2) is 5.48. The van der Waals surface area contributed by atoms with Crippen LogP contribution in [0.2, 0.25) is 0 Å². The third kappa shape index (κ3) is 2.96. The van der Waals surface area contributed by atoms with Crippen molar-refractivity contribution in [3.8, 4) is 0 Å². The maximum atomic E-state index is 5.87. The number of hydrogen-bond donors (Lipinski definition) is 1. The Bertz CT molecular complexity index is 210. The lowest BCUT2D eigenvalue weighted by Gasteiger charge is -2.37. The zero-order valence-corrected chi connectivity index (χ0v) is 10.9. The topological polar surface area (TPSA) is 24.5 Å². The number of nitrogens with zero attached hydrogens (tertiary/aromatic N) is 1. The Balaban J connectivity index is 1.78. The molecule has 0 amide bonds. The van der Waals surface area contributed by atoms with Crippen molar-refractivity contribution >= 4 is 0 Å². The number of morpholine rings is 1. The van der Waals surface area contributed by atoms with Gasteiger partial charge in [0.1, 0.15) is 0 Å². The van der Waals surface area contributed by atoms with Crippen LogP contribution in [0.25, 0.3) is 0 Å². The molecule has 3 nitrogen and oxygen atoms in total. The molecule has 16 heavy (non-hydrogen) atoms. The van der Waals surface area contributed by atoms with Crippen molar-refractivity contribution in [1.82, 2.24) is 10.2 Å². The smallest absolute Gasteiger partial charge is 0.0707 e. The van der Waals surface area contributed by atoms with E-state index in [9.17, 15) is 0 Å². The molecule has 1 N–H and O–H groups in total. The number of likely N-dealkylation sites (tertiary alicyclic amines) is 1. The fourth-order valence-electron chi connectivity index (χ4n) is 3.10. The molecule has 4 unspecified atom stereocenters. The van der Waals surface area contributed by atoms with Gasteiger partial charge < -0.3 is 10.1 Å². The molecule has 2 aliphatic heterocycles. The highest BCUT2D eigenvalue weighted by Crippen LogP contribution is 2.27. The molecule has 0 aromatic carbocycles. The average molecular weight is 226 g/mol. The highest BCUT2D eigenvalue weighted by Gasteiger charge is 2.35. The lowest BCUT2D eigenvalue weighted by atomic mass is 10.1. The van der Waals surface area contributed by atoms with E-state index in [1.807, 2.05) is 0 Å². The standard InChI is InChI=1S/C13H26N2O/c1-4-14-10(2)7-11(3)15-8-12-5-6-13(9-15)16-12/h10-14H,4-9H2,1-3H3. The van der Waals surface area contributed by atoms with Gasteiger partial charge in [-0.1, -0.05) is 6.92 Å². The Morgan fingerprint density at radius 3 is 2.44 bits per heavy atom. The summed E-state index contributed by atoms with van der Waals surface area (Å²) in [5.74, 6) is 0. The van der Waals surface area contributed by atoms with Gasteiger partial charge in [0.2, 0.25) is 0 Å². The summed E-state index contributed by atoms with van der Waals surface area (Å²) in [5, 5.41) is 3.50. The molecule has 3 heteroatoms. The Labute approximate surface area is 99.5 Å². The van der Waals surface area contributed by atoms with E-state index < -0.39 is 0 Å². The highest BCUT2D eigenvalue weighted by molar-refractivity contribution is 4.87. The largest absolute Gasteiger partial charge is 0.372 e. The van der Waals surface area contributed by atoms with E-state index in [-0.39, 0.29) is 0 Å². The fourth-order valence-corrected chi connectivity index (χ4v) is 3.10. The lowest BCUT2D eigenvalue weighted by Crippen LogP contribution is -2.48. The Morgan fingerprint density at radius 2 is 1.88 bits per heavy atom. The van der Waals surface area contributed by atoms with Gasteiger partial charge >= 0.3 is 0 Å². The molecule has 4 atom stereocenters. The number of nitrogens with one attached hydrogen (secondary N) is 1. The predicted octanol–water partition coefficient (Wildman–Crippen LogP) is 1.63. The molecule has 0 spiro atoms. The van der Waals surface area contributed by atoms with E-state index in [1.165, 1.54) is 19.3 Å². The van der Waals surface area contributed by atoms with Gasteiger partial charge in [-0.25, -0.2) is 0 Å². The SMILES string of the molecule is CCNC(C)CC(C)N1CC2CCC(C1)O2. The van der Waals surface area contributed by atoms with E-state index in [1.54, 1.807) is 0 Å². The number of rotatable bonds is 5. The van der Waals surface area contributed by atoms with Crippen molar-refractivity contribution in [2.24, 2.45) is 0 Å². The Hall–Kier alpha value is -0.120. The van der Waals surface area contributed by atoms with Crippen LogP contribution in [0.15, 0.2) is 0 Å². The van der Waals surface area contributed by atoms with Gasteiger partial charge in [-0.3, -0.25) is 4.90 Å². The quantitative estimate of drug-likeness (QED) is 0.771. The van der Waals surface area contributed by atoms with Crippen LogP contribution >= 0.6 is 0 Å². The van der Waals surface area contributed by atoms with Crippen molar-refractivity contribution in [2.45, 2.75) is 64.3 Å². The first-order valence-corrected chi connectivity index (χ1v) is 6.82. The highest BCUT2D eigenvalue weighted by atomic mass is 16.5.